The van der Waals surface area contributed by atoms with Gasteiger partial charge in [-0.2, -0.15) is 0 Å². The topological polar surface area (TPSA) is 140 Å². The van der Waals surface area contributed by atoms with Gasteiger partial charge in [-0.05, 0) is 52.3 Å². The first-order chi connectivity index (χ1) is 13.8. The van der Waals surface area contributed by atoms with Crippen molar-refractivity contribution in [1.82, 2.24) is 15.5 Å². The first-order valence-electron chi connectivity index (χ1n) is 8.89. The van der Waals surface area contributed by atoms with Gasteiger partial charge in [0.2, 0.25) is 21.6 Å². The van der Waals surface area contributed by atoms with Crippen molar-refractivity contribution in [2.45, 2.75) is 51.5 Å². The van der Waals surface area contributed by atoms with Crippen LogP contribution >= 0.6 is 11.6 Å². The average Bonchev–Trinajstić information content (AvgIpc) is 3.08. The van der Waals surface area contributed by atoms with Gasteiger partial charge >= 0.3 is 11.3 Å². The number of halogens is 1. The first kappa shape index (κ1) is 23.6. The molecule has 1 aromatic heterocycles. The van der Waals surface area contributed by atoms with Gasteiger partial charge in [-0.3, -0.25) is 4.79 Å². The lowest BCUT2D eigenvalue weighted by molar-refractivity contribution is -0.113. The van der Waals surface area contributed by atoms with Crippen LogP contribution < -0.4 is 10.6 Å². The number of nitrogens with zero attached hydrogens (tertiary/aromatic N) is 2. The summed E-state index contributed by atoms with van der Waals surface area (Å²) in [7, 11) is -4.20. The number of benzene rings is 1. The second-order valence-corrected chi connectivity index (χ2v) is 9.77. The molecule has 1 heterocycles. The lowest BCUT2D eigenvalue weighted by Gasteiger charge is -2.20. The van der Waals surface area contributed by atoms with E-state index in [4.69, 9.17) is 20.8 Å². The average molecular weight is 459 g/mol. The van der Waals surface area contributed by atoms with Gasteiger partial charge in [-0.15, -0.1) is 5.10 Å². The van der Waals surface area contributed by atoms with Crippen LogP contribution in [0.2, 0.25) is 5.02 Å². The molecule has 2 aromatic rings. The maximum atomic E-state index is 12.4. The highest BCUT2D eigenvalue weighted by Gasteiger charge is 2.28. The fraction of sp³-hybridized carbons (Fsp3) is 0.444. The third-order valence-corrected chi connectivity index (χ3v) is 5.40. The quantitative estimate of drug-likeness (QED) is 0.672. The molecule has 1 unspecified atom stereocenters. The van der Waals surface area contributed by atoms with E-state index in [9.17, 15) is 18.0 Å². The number of sulfone groups is 1. The second-order valence-electron chi connectivity index (χ2n) is 7.49. The Kier molecular flexibility index (Phi) is 7.09. The van der Waals surface area contributed by atoms with Crippen LogP contribution in [0.3, 0.4) is 0 Å². The van der Waals surface area contributed by atoms with Gasteiger partial charge in [0.15, 0.2) is 0 Å². The van der Waals surface area contributed by atoms with Crippen molar-refractivity contribution >= 4 is 39.1 Å². The van der Waals surface area contributed by atoms with E-state index < -0.39 is 44.5 Å². The normalized spacial score (nSPS) is 12.9. The van der Waals surface area contributed by atoms with Gasteiger partial charge < -0.3 is 19.8 Å². The highest BCUT2D eigenvalue weighted by molar-refractivity contribution is 7.91. The molecule has 164 valence electrons. The summed E-state index contributed by atoms with van der Waals surface area (Å²) in [5.41, 5.74) is 0.290. The molecule has 30 heavy (non-hydrogen) atoms. The summed E-state index contributed by atoms with van der Waals surface area (Å²) in [4.78, 5) is 24.0. The van der Waals surface area contributed by atoms with Crippen LogP contribution in [0, 0.1) is 6.92 Å². The van der Waals surface area contributed by atoms with Crippen LogP contribution in [0.4, 0.5) is 10.5 Å². The minimum atomic E-state index is -4.20. The highest BCUT2D eigenvalue weighted by Crippen LogP contribution is 2.23. The molecule has 0 spiro atoms. The van der Waals surface area contributed by atoms with Crippen molar-refractivity contribution in [2.24, 2.45) is 0 Å². The summed E-state index contributed by atoms with van der Waals surface area (Å²) >= 11 is 5.99. The van der Waals surface area contributed by atoms with Crippen LogP contribution in [0.15, 0.2) is 27.8 Å². The van der Waals surface area contributed by atoms with Gasteiger partial charge in [0, 0.05) is 10.7 Å². The lowest BCUT2D eigenvalue weighted by Crippen LogP contribution is -2.34. The maximum Gasteiger partial charge on any atom is 0.408 e. The summed E-state index contributed by atoms with van der Waals surface area (Å²) in [6, 6.07) is 4.07. The zero-order valence-electron chi connectivity index (χ0n) is 17.1. The van der Waals surface area contributed by atoms with Gasteiger partial charge in [0.25, 0.3) is 0 Å². The summed E-state index contributed by atoms with van der Waals surface area (Å²) in [5.74, 6) is -1.85. The molecule has 0 aliphatic rings. The van der Waals surface area contributed by atoms with E-state index in [0.29, 0.717) is 16.3 Å². The Balaban J connectivity index is 2.05. The summed E-state index contributed by atoms with van der Waals surface area (Å²) in [6.45, 7) is 8.30. The van der Waals surface area contributed by atoms with Crippen molar-refractivity contribution in [3.8, 4) is 0 Å². The van der Waals surface area contributed by atoms with Crippen LogP contribution in [0.1, 0.15) is 45.2 Å². The molecule has 0 bridgehead atoms. The van der Waals surface area contributed by atoms with Crippen molar-refractivity contribution < 1.29 is 27.2 Å². The van der Waals surface area contributed by atoms with Crippen LogP contribution in [-0.2, 0) is 19.4 Å². The van der Waals surface area contributed by atoms with Crippen molar-refractivity contribution in [3.63, 3.8) is 0 Å². The molecular weight excluding hydrogens is 436 g/mol. The van der Waals surface area contributed by atoms with E-state index in [-0.39, 0.29) is 5.89 Å². The summed E-state index contributed by atoms with van der Waals surface area (Å²) in [5, 5.41) is 11.8. The third kappa shape index (κ3) is 6.42. The Hall–Kier alpha value is -2.66. The molecule has 2 rings (SSSR count). The first-order valence-corrected chi connectivity index (χ1v) is 10.9. The summed E-state index contributed by atoms with van der Waals surface area (Å²) in [6.07, 6.45) is -0.728. The number of rotatable bonds is 6. The van der Waals surface area contributed by atoms with Crippen LogP contribution in [0.5, 0.6) is 0 Å². The van der Waals surface area contributed by atoms with Gasteiger partial charge in [0.1, 0.15) is 17.4 Å². The molecule has 2 N–H and O–H groups in total. The Labute approximate surface area is 179 Å². The van der Waals surface area contributed by atoms with Gasteiger partial charge in [0.05, 0.1) is 0 Å². The smallest absolute Gasteiger partial charge is 0.408 e. The fourth-order valence-corrected chi connectivity index (χ4v) is 3.32. The Morgan fingerprint density at radius 3 is 2.57 bits per heavy atom. The predicted molar refractivity (Wildman–Crippen MR) is 109 cm³/mol. The van der Waals surface area contributed by atoms with Crippen molar-refractivity contribution in [1.29, 1.82) is 0 Å². The number of anilines is 1. The van der Waals surface area contributed by atoms with E-state index in [1.54, 1.807) is 45.9 Å². The van der Waals surface area contributed by atoms with E-state index in [1.165, 1.54) is 6.92 Å². The predicted octanol–water partition coefficient (Wildman–Crippen LogP) is 3.03. The SMILES string of the molecule is Cc1c(Cl)cccc1NC(=O)CS(=O)(=O)c1nnc(C(C)NC(=O)OC(C)(C)C)o1. The molecule has 0 radical (unpaired) electrons. The molecular formula is C18H23ClN4O6S. The standard InChI is InChI=1S/C18H23ClN4O6S/c1-10-12(19)7-6-8-13(10)21-14(24)9-30(26,27)17-23-22-15(28-17)11(2)20-16(25)29-18(3,4)5/h6-8,11H,9H2,1-5H3,(H,20,25)(H,21,24). The minimum absolute atomic E-state index is 0.148. The zero-order valence-corrected chi connectivity index (χ0v) is 18.7. The molecule has 10 nitrogen and oxygen atoms in total. The molecule has 0 saturated heterocycles. The number of hydrogen-bond donors (Lipinski definition) is 2. The van der Waals surface area contributed by atoms with E-state index in [2.05, 4.69) is 20.8 Å². The van der Waals surface area contributed by atoms with E-state index >= 15 is 0 Å². The second kappa shape index (κ2) is 9.00. The number of amides is 2. The molecule has 0 aliphatic heterocycles. The highest BCUT2D eigenvalue weighted by atomic mass is 35.5. The fourth-order valence-electron chi connectivity index (χ4n) is 2.23. The van der Waals surface area contributed by atoms with Gasteiger partial charge in [-0.25, -0.2) is 13.2 Å². The monoisotopic (exact) mass is 458 g/mol. The van der Waals surface area contributed by atoms with E-state index in [0.717, 1.165) is 0 Å². The van der Waals surface area contributed by atoms with Gasteiger partial charge in [-0.1, -0.05) is 22.8 Å². The summed E-state index contributed by atoms with van der Waals surface area (Å²) < 4.78 is 35.1. The number of alkyl carbamates (subject to hydrolysis) is 1. The van der Waals surface area contributed by atoms with Crippen LogP contribution in [0.25, 0.3) is 0 Å². The van der Waals surface area contributed by atoms with Crippen LogP contribution in [-0.4, -0.2) is 42.0 Å². The minimum Gasteiger partial charge on any atom is -0.444 e. The number of nitrogens with one attached hydrogen (secondary N) is 2. The number of hydrogen-bond acceptors (Lipinski definition) is 8. The van der Waals surface area contributed by atoms with Crippen molar-refractivity contribution in [2.75, 3.05) is 11.1 Å². The Bertz CT molecular complexity index is 1050. The number of aromatic nitrogens is 2. The lowest BCUT2D eigenvalue weighted by atomic mass is 10.2. The number of carbonyl (C=O) groups is 2. The van der Waals surface area contributed by atoms with Crippen molar-refractivity contribution in [3.05, 3.63) is 34.7 Å². The Morgan fingerprint density at radius 1 is 1.27 bits per heavy atom. The number of carbonyl (C=O) groups excluding carboxylic acids is 2. The molecule has 2 amide bonds. The molecule has 0 fully saturated rings. The van der Waals surface area contributed by atoms with E-state index in [1.807, 2.05) is 0 Å². The molecule has 0 saturated carbocycles. The zero-order chi connectivity index (χ0) is 22.7. The molecule has 1 atom stereocenters. The third-order valence-electron chi connectivity index (χ3n) is 3.65. The maximum absolute atomic E-state index is 12.4. The molecule has 1 aromatic carbocycles. The molecule has 0 aliphatic carbocycles. The largest absolute Gasteiger partial charge is 0.444 e. The Morgan fingerprint density at radius 2 is 1.93 bits per heavy atom. The molecule has 12 heteroatoms. The number of ether oxygens (including phenoxy) is 1.